The highest BCUT2D eigenvalue weighted by molar-refractivity contribution is 6.20. The van der Waals surface area contributed by atoms with Crippen LogP contribution >= 0.6 is 46.4 Å². The van der Waals surface area contributed by atoms with Gasteiger partial charge in [0, 0.05) is 54.3 Å². The Morgan fingerprint density at radius 1 is 0.944 bits per heavy atom. The first kappa shape index (κ1) is 15.5. The van der Waals surface area contributed by atoms with Gasteiger partial charge in [-0.25, -0.2) is 0 Å². The molecule has 2 aliphatic heterocycles. The summed E-state index contributed by atoms with van der Waals surface area (Å²) in [5.74, 6) is 2.95. The lowest BCUT2D eigenvalue weighted by Gasteiger charge is -2.42. The van der Waals surface area contributed by atoms with E-state index in [0.29, 0.717) is 30.1 Å². The minimum Gasteiger partial charge on any atom is -0.382 e. The van der Waals surface area contributed by atoms with Gasteiger partial charge in [-0.15, -0.1) is 46.4 Å². The average Bonchev–Trinajstić information content (AvgIpc) is 2.86. The lowest BCUT2D eigenvalue weighted by atomic mass is 9.64. The van der Waals surface area contributed by atoms with Crippen molar-refractivity contribution in [2.75, 3.05) is 37.2 Å². The summed E-state index contributed by atoms with van der Waals surface area (Å²) in [6.45, 7) is 0.499. The molecular formula is C12H18Cl4O2. The van der Waals surface area contributed by atoms with E-state index in [4.69, 9.17) is 55.9 Å². The molecule has 0 unspecified atom stereocenters. The number of hydrogen-bond acceptors (Lipinski definition) is 2. The van der Waals surface area contributed by atoms with E-state index in [-0.39, 0.29) is 29.8 Å². The van der Waals surface area contributed by atoms with E-state index in [0.717, 1.165) is 0 Å². The van der Waals surface area contributed by atoms with Crippen molar-refractivity contribution in [2.45, 2.75) is 11.7 Å². The maximum Gasteiger partial charge on any atom is 0.100 e. The highest BCUT2D eigenvalue weighted by atomic mass is 35.5. The quantitative estimate of drug-likeness (QED) is 0.694. The Labute approximate surface area is 128 Å². The van der Waals surface area contributed by atoms with Gasteiger partial charge >= 0.3 is 0 Å². The van der Waals surface area contributed by atoms with Gasteiger partial charge in [0.05, 0.1) is 12.7 Å². The molecule has 0 aromatic heterocycles. The van der Waals surface area contributed by atoms with Gasteiger partial charge in [-0.3, -0.25) is 0 Å². The Hall–Kier alpha value is 1.08. The molecule has 2 heterocycles. The van der Waals surface area contributed by atoms with Crippen LogP contribution in [-0.4, -0.2) is 48.9 Å². The molecule has 0 radical (unpaired) electrons. The lowest BCUT2D eigenvalue weighted by Crippen LogP contribution is -2.53. The van der Waals surface area contributed by atoms with E-state index in [1.807, 2.05) is 0 Å². The van der Waals surface area contributed by atoms with Gasteiger partial charge < -0.3 is 9.47 Å². The smallest absolute Gasteiger partial charge is 0.100 e. The topological polar surface area (TPSA) is 18.5 Å². The minimum atomic E-state index is -0.415. The Bertz CT molecular complexity index is 269. The summed E-state index contributed by atoms with van der Waals surface area (Å²) in [5.41, 5.74) is -0.415. The number of methoxy groups -OCH3 is 1. The number of fused-ring (bicyclic) bond motifs is 2. The molecule has 0 amide bonds. The van der Waals surface area contributed by atoms with Crippen molar-refractivity contribution in [1.29, 1.82) is 0 Å². The van der Waals surface area contributed by atoms with E-state index in [1.54, 1.807) is 7.11 Å². The van der Waals surface area contributed by atoms with Crippen LogP contribution in [0.25, 0.3) is 0 Å². The number of rotatable bonds is 6. The Morgan fingerprint density at radius 3 is 1.78 bits per heavy atom. The normalized spacial score (nSPS) is 46.8. The van der Waals surface area contributed by atoms with Crippen molar-refractivity contribution in [1.82, 2.24) is 0 Å². The fraction of sp³-hybridized carbons (Fsp3) is 1.00. The molecule has 0 spiro atoms. The maximum atomic E-state index is 6.25. The van der Waals surface area contributed by atoms with Crippen molar-refractivity contribution in [3.63, 3.8) is 0 Å². The van der Waals surface area contributed by atoms with Gasteiger partial charge in [0.2, 0.25) is 0 Å². The molecule has 2 aliphatic rings. The molecule has 0 aromatic rings. The van der Waals surface area contributed by atoms with Gasteiger partial charge in [0.25, 0.3) is 0 Å². The second-order valence-electron chi connectivity index (χ2n) is 5.13. The predicted octanol–water partition coefficient (Wildman–Crippen LogP) is 3.20. The third kappa shape index (κ3) is 2.08. The second kappa shape index (κ2) is 6.24. The van der Waals surface area contributed by atoms with Crippen LogP contribution in [0, 0.1) is 23.7 Å². The standard InChI is InChI=1S/C12H18Cl4O2/c1-17-6-12-9(4-15)7(2-13)11(18-12)8(3-14)10(12)5-16/h7-11H,2-6H2,1H3/t7-,8-,9-,10-,11?,12?/m1/s1. The molecule has 0 saturated carbocycles. The van der Waals surface area contributed by atoms with Crippen molar-refractivity contribution in [3.8, 4) is 0 Å². The lowest BCUT2D eigenvalue weighted by molar-refractivity contribution is -0.0759. The van der Waals surface area contributed by atoms with Crippen molar-refractivity contribution < 1.29 is 9.47 Å². The maximum absolute atomic E-state index is 6.25. The summed E-state index contributed by atoms with van der Waals surface area (Å²) in [4.78, 5) is 0. The number of alkyl halides is 4. The first-order chi connectivity index (χ1) is 8.69. The first-order valence-electron chi connectivity index (χ1n) is 6.10. The fourth-order valence-electron chi connectivity index (χ4n) is 3.73. The van der Waals surface area contributed by atoms with Gasteiger partial charge in [-0.1, -0.05) is 0 Å². The van der Waals surface area contributed by atoms with Crippen molar-refractivity contribution >= 4 is 46.4 Å². The molecule has 106 valence electrons. The second-order valence-corrected chi connectivity index (χ2v) is 6.36. The van der Waals surface area contributed by atoms with E-state index in [1.165, 1.54) is 0 Å². The zero-order valence-corrected chi connectivity index (χ0v) is 13.3. The van der Waals surface area contributed by atoms with Crippen LogP contribution in [0.15, 0.2) is 0 Å². The third-order valence-corrected chi connectivity index (χ3v) is 5.92. The summed E-state index contributed by atoms with van der Waals surface area (Å²) in [7, 11) is 1.67. The zero-order chi connectivity index (χ0) is 13.3. The Morgan fingerprint density at radius 2 is 1.44 bits per heavy atom. The van der Waals surface area contributed by atoms with E-state index >= 15 is 0 Å². The highest BCUT2D eigenvalue weighted by Gasteiger charge is 2.67. The Balaban J connectivity index is 2.35. The molecule has 2 nitrogen and oxygen atoms in total. The molecule has 2 rings (SSSR count). The van der Waals surface area contributed by atoms with Crippen molar-refractivity contribution in [2.24, 2.45) is 23.7 Å². The van der Waals surface area contributed by atoms with Gasteiger partial charge in [0.15, 0.2) is 0 Å². The molecule has 2 saturated heterocycles. The van der Waals surface area contributed by atoms with Crippen LogP contribution in [0.3, 0.4) is 0 Å². The molecule has 6 heteroatoms. The molecule has 0 N–H and O–H groups in total. The summed E-state index contributed by atoms with van der Waals surface area (Å²) in [6, 6.07) is 0. The van der Waals surface area contributed by atoms with Gasteiger partial charge in [-0.2, -0.15) is 0 Å². The number of halogens is 4. The summed E-state index contributed by atoms with van der Waals surface area (Å²) in [5, 5.41) is 0. The van der Waals surface area contributed by atoms with E-state index in [9.17, 15) is 0 Å². The zero-order valence-electron chi connectivity index (χ0n) is 10.3. The number of ether oxygens (including phenoxy) is 2. The van der Waals surface area contributed by atoms with Gasteiger partial charge in [-0.05, 0) is 0 Å². The Kier molecular flexibility index (Phi) is 5.36. The first-order valence-corrected chi connectivity index (χ1v) is 8.24. The fourth-order valence-corrected chi connectivity index (χ4v) is 5.49. The third-order valence-electron chi connectivity index (χ3n) is 4.55. The average molecular weight is 336 g/mol. The molecule has 18 heavy (non-hydrogen) atoms. The molecule has 0 aliphatic carbocycles. The predicted molar refractivity (Wildman–Crippen MR) is 76.3 cm³/mol. The van der Waals surface area contributed by atoms with E-state index in [2.05, 4.69) is 0 Å². The summed E-state index contributed by atoms with van der Waals surface area (Å²) in [6.07, 6.45) is 0.0580. The van der Waals surface area contributed by atoms with Gasteiger partial charge in [0.1, 0.15) is 5.60 Å². The monoisotopic (exact) mass is 334 g/mol. The summed E-state index contributed by atoms with van der Waals surface area (Å²) < 4.78 is 11.6. The SMILES string of the molecule is COCC12OC([C@H](CCl)[C@H]1CCl)[C@H](CCl)[C@H]2CCl. The van der Waals surface area contributed by atoms with Crippen LogP contribution < -0.4 is 0 Å². The van der Waals surface area contributed by atoms with Crippen LogP contribution in [0.4, 0.5) is 0 Å². The van der Waals surface area contributed by atoms with Crippen LogP contribution in [0.1, 0.15) is 0 Å². The highest BCUT2D eigenvalue weighted by Crippen LogP contribution is 2.58. The molecular weight excluding hydrogens is 318 g/mol. The molecule has 4 atom stereocenters. The van der Waals surface area contributed by atoms with Crippen LogP contribution in [-0.2, 0) is 9.47 Å². The number of hydrogen-bond donors (Lipinski definition) is 0. The molecule has 2 bridgehead atoms. The minimum absolute atomic E-state index is 0.0580. The van der Waals surface area contributed by atoms with E-state index < -0.39 is 5.60 Å². The van der Waals surface area contributed by atoms with Crippen molar-refractivity contribution in [3.05, 3.63) is 0 Å². The summed E-state index contributed by atoms with van der Waals surface area (Å²) >= 11 is 24.5. The largest absolute Gasteiger partial charge is 0.382 e. The molecule has 0 aromatic carbocycles. The molecule has 2 fully saturated rings. The van der Waals surface area contributed by atoms with Crippen LogP contribution in [0.5, 0.6) is 0 Å². The van der Waals surface area contributed by atoms with Crippen LogP contribution in [0.2, 0.25) is 0 Å².